The van der Waals surface area contributed by atoms with E-state index < -0.39 is 29.8 Å². The molecular formula is C17H34N2O11. The molecular weight excluding hydrogens is 408 g/mol. The molecule has 0 atom stereocenters. The van der Waals surface area contributed by atoms with Gasteiger partial charge in [0.15, 0.2) is 0 Å². The summed E-state index contributed by atoms with van der Waals surface area (Å²) in [6.45, 7) is 0. The first kappa shape index (κ1) is 37.7. The lowest BCUT2D eigenvalue weighted by Gasteiger charge is -1.93. The van der Waals surface area contributed by atoms with E-state index in [0.717, 1.165) is 7.11 Å². The zero-order chi connectivity index (χ0) is 23.8. The van der Waals surface area contributed by atoms with Gasteiger partial charge in [-0.15, -0.1) is 0 Å². The smallest absolute Gasteiger partial charge is 0.314 e. The number of ether oxygens (including phenoxy) is 2. The minimum atomic E-state index is -0.986. The Morgan fingerprint density at radius 1 is 0.933 bits per heavy atom. The van der Waals surface area contributed by atoms with Crippen LogP contribution in [0.25, 0.3) is 0 Å². The Labute approximate surface area is 175 Å². The molecule has 0 saturated carbocycles. The second kappa shape index (κ2) is 28.2. The monoisotopic (exact) mass is 442 g/mol. The summed E-state index contributed by atoms with van der Waals surface area (Å²) in [5.74, 6) is -3.45. The number of carboxylic acids is 2. The molecule has 0 bridgehead atoms. The average Bonchev–Trinajstić information content (AvgIpc) is 3.10. The van der Waals surface area contributed by atoms with Crippen LogP contribution in [0.3, 0.4) is 0 Å². The van der Waals surface area contributed by atoms with Crippen LogP contribution < -0.4 is 11.1 Å². The molecule has 1 aliphatic heterocycles. The van der Waals surface area contributed by atoms with Gasteiger partial charge in [-0.2, -0.15) is 0 Å². The number of aliphatic hydroxyl groups is 1. The van der Waals surface area contributed by atoms with E-state index >= 15 is 0 Å². The number of aliphatic hydroxyl groups excluding tert-OH is 1. The molecule has 0 aliphatic carbocycles. The molecule has 13 nitrogen and oxygen atoms in total. The molecule has 1 amide bonds. The average molecular weight is 442 g/mol. The fourth-order valence-corrected chi connectivity index (χ4v) is 1.09. The SMILES string of the molecule is C.CN.CNC(=O)CCC(=O)O.CO.COC(=O)CCC(=O)O.O=C1CCC(=O)O1. The Kier molecular flexibility index (Phi) is 35.3. The first-order valence-electron chi connectivity index (χ1n) is 8.09. The van der Waals surface area contributed by atoms with Crippen molar-refractivity contribution in [2.45, 2.75) is 46.0 Å². The third-order valence-corrected chi connectivity index (χ3v) is 2.38. The summed E-state index contributed by atoms with van der Waals surface area (Å²) in [4.78, 5) is 60.2. The fourth-order valence-electron chi connectivity index (χ4n) is 1.09. The van der Waals surface area contributed by atoms with Crippen molar-refractivity contribution in [2.24, 2.45) is 5.73 Å². The number of hydrogen-bond acceptors (Lipinski definition) is 10. The van der Waals surface area contributed by atoms with E-state index in [0.29, 0.717) is 0 Å². The van der Waals surface area contributed by atoms with E-state index in [1.54, 1.807) is 0 Å². The maximum Gasteiger partial charge on any atom is 0.314 e. The van der Waals surface area contributed by atoms with Gasteiger partial charge in [-0.3, -0.25) is 28.8 Å². The molecule has 0 aromatic carbocycles. The minimum Gasteiger partial charge on any atom is -0.481 e. The van der Waals surface area contributed by atoms with Gasteiger partial charge in [0.2, 0.25) is 5.91 Å². The second-order valence-electron chi connectivity index (χ2n) is 4.38. The van der Waals surface area contributed by atoms with E-state index in [4.69, 9.17) is 15.3 Å². The Hall–Kier alpha value is -3.06. The Bertz CT molecular complexity index is 464. The number of esters is 3. The van der Waals surface area contributed by atoms with Crippen LogP contribution in [0, 0.1) is 0 Å². The van der Waals surface area contributed by atoms with Crippen molar-refractivity contribution in [1.82, 2.24) is 5.32 Å². The lowest BCUT2D eigenvalue weighted by Crippen LogP contribution is -2.18. The standard InChI is InChI=1S/C5H9NO3.C5H8O4.C4H4O3.CH5N.CH4O.CH4/c1-6-4(7)2-3-5(8)9;1-9-5(8)3-2-4(6)7;5-3-1-2-4(6)7-3;2*1-2;/h2-3H2,1H3,(H,6,7)(H,8,9);2-3H2,1H3,(H,6,7);1-2H2;2H2,1H3;2H,1H3;1H4. The van der Waals surface area contributed by atoms with Crippen molar-refractivity contribution in [2.75, 3.05) is 28.3 Å². The van der Waals surface area contributed by atoms with Gasteiger partial charge in [0.25, 0.3) is 0 Å². The van der Waals surface area contributed by atoms with Gasteiger partial charge in [-0.25, -0.2) is 0 Å². The lowest BCUT2D eigenvalue weighted by atomic mass is 10.3. The van der Waals surface area contributed by atoms with Crippen LogP contribution >= 0.6 is 0 Å². The molecule has 1 rings (SSSR count). The molecule has 0 unspecified atom stereocenters. The molecule has 0 aromatic heterocycles. The fraction of sp³-hybridized carbons (Fsp3) is 0.647. The largest absolute Gasteiger partial charge is 0.481 e. The van der Waals surface area contributed by atoms with E-state index in [1.165, 1.54) is 21.2 Å². The maximum absolute atomic E-state index is 10.3. The van der Waals surface area contributed by atoms with Crippen molar-refractivity contribution in [3.05, 3.63) is 0 Å². The van der Waals surface area contributed by atoms with Gasteiger partial charge in [-0.05, 0) is 7.05 Å². The third kappa shape index (κ3) is 35.9. The number of nitrogens with one attached hydrogen (secondary N) is 1. The number of nitrogens with two attached hydrogens (primary N) is 1. The van der Waals surface area contributed by atoms with Crippen LogP contribution in [-0.4, -0.2) is 79.4 Å². The summed E-state index contributed by atoms with van der Waals surface area (Å²) in [6.07, 6.45) is 0.279. The molecule has 30 heavy (non-hydrogen) atoms. The molecule has 0 radical (unpaired) electrons. The van der Waals surface area contributed by atoms with Crippen LogP contribution in [0.5, 0.6) is 0 Å². The zero-order valence-electron chi connectivity index (χ0n) is 16.9. The van der Waals surface area contributed by atoms with Crippen molar-refractivity contribution in [3.8, 4) is 0 Å². The first-order chi connectivity index (χ1) is 13.6. The van der Waals surface area contributed by atoms with Crippen molar-refractivity contribution < 1.29 is 53.6 Å². The molecule has 0 aromatic rings. The maximum atomic E-state index is 10.3. The van der Waals surface area contributed by atoms with E-state index in [9.17, 15) is 28.8 Å². The van der Waals surface area contributed by atoms with Gasteiger partial charge in [0, 0.05) is 20.6 Å². The summed E-state index contributed by atoms with van der Waals surface area (Å²) >= 11 is 0. The number of cyclic esters (lactones) is 2. The predicted molar refractivity (Wildman–Crippen MR) is 105 cm³/mol. The van der Waals surface area contributed by atoms with Crippen LogP contribution in [-0.2, 0) is 38.2 Å². The quantitative estimate of drug-likeness (QED) is 0.254. The van der Waals surface area contributed by atoms with E-state index in [2.05, 4.69) is 20.5 Å². The number of amides is 1. The van der Waals surface area contributed by atoms with Crippen molar-refractivity contribution in [1.29, 1.82) is 0 Å². The van der Waals surface area contributed by atoms with Gasteiger partial charge in [0.1, 0.15) is 0 Å². The van der Waals surface area contributed by atoms with Gasteiger partial charge in [-0.1, -0.05) is 7.43 Å². The van der Waals surface area contributed by atoms with Gasteiger partial charge in [0.05, 0.1) is 39.2 Å². The number of hydrogen-bond donors (Lipinski definition) is 5. The molecule has 13 heteroatoms. The molecule has 1 fully saturated rings. The number of rotatable bonds is 6. The van der Waals surface area contributed by atoms with Crippen molar-refractivity contribution in [3.63, 3.8) is 0 Å². The summed E-state index contributed by atoms with van der Waals surface area (Å²) in [6, 6.07) is 0. The highest BCUT2D eigenvalue weighted by molar-refractivity contribution is 5.92. The van der Waals surface area contributed by atoms with Crippen LogP contribution in [0.1, 0.15) is 46.0 Å². The Morgan fingerprint density at radius 2 is 1.30 bits per heavy atom. The van der Waals surface area contributed by atoms with E-state index in [-0.39, 0.29) is 51.9 Å². The zero-order valence-corrected chi connectivity index (χ0v) is 16.9. The number of carboxylic acid groups (broad SMARTS) is 2. The molecule has 178 valence electrons. The van der Waals surface area contributed by atoms with Crippen LogP contribution in [0.4, 0.5) is 0 Å². The van der Waals surface area contributed by atoms with Crippen LogP contribution in [0.2, 0.25) is 0 Å². The predicted octanol–water partition coefficient (Wildman–Crippen LogP) is -0.709. The summed E-state index contributed by atoms with van der Waals surface area (Å²) in [5, 5.41) is 25.4. The lowest BCUT2D eigenvalue weighted by molar-refractivity contribution is -0.152. The third-order valence-electron chi connectivity index (χ3n) is 2.38. The highest BCUT2D eigenvalue weighted by atomic mass is 16.6. The first-order valence-corrected chi connectivity index (χ1v) is 8.09. The summed E-state index contributed by atoms with van der Waals surface area (Å²) in [7, 11) is 5.20. The van der Waals surface area contributed by atoms with Crippen molar-refractivity contribution >= 4 is 35.8 Å². The summed E-state index contributed by atoms with van der Waals surface area (Å²) in [5.41, 5.74) is 4.50. The summed E-state index contributed by atoms with van der Waals surface area (Å²) < 4.78 is 8.28. The highest BCUT2D eigenvalue weighted by Crippen LogP contribution is 2.03. The number of aliphatic carboxylic acids is 2. The van der Waals surface area contributed by atoms with E-state index in [1.807, 2.05) is 0 Å². The normalized spacial score (nSPS) is 10.2. The molecule has 6 N–H and O–H groups in total. The number of carbonyl (C=O) groups is 6. The minimum absolute atomic E-state index is 0. The molecule has 1 heterocycles. The number of carbonyl (C=O) groups excluding carboxylic acids is 4. The highest BCUT2D eigenvalue weighted by Gasteiger charge is 2.19. The topological polar surface area (TPSA) is 220 Å². The second-order valence-corrected chi connectivity index (χ2v) is 4.38. The Morgan fingerprint density at radius 3 is 1.53 bits per heavy atom. The molecule has 0 spiro atoms. The van der Waals surface area contributed by atoms with Gasteiger partial charge >= 0.3 is 29.8 Å². The Balaban J connectivity index is -0.0000000948. The molecule has 1 saturated heterocycles. The van der Waals surface area contributed by atoms with Crippen LogP contribution in [0.15, 0.2) is 0 Å². The van der Waals surface area contributed by atoms with Gasteiger partial charge < -0.3 is 35.8 Å². The number of methoxy groups -OCH3 is 1. The molecule has 1 aliphatic rings.